The molecule has 1 fully saturated rings. The zero-order chi connectivity index (χ0) is 17.8. The van der Waals surface area contributed by atoms with Gasteiger partial charge in [0, 0.05) is 17.6 Å². The van der Waals surface area contributed by atoms with Crippen molar-refractivity contribution in [1.29, 1.82) is 0 Å². The highest BCUT2D eigenvalue weighted by Crippen LogP contribution is 2.21. The van der Waals surface area contributed by atoms with E-state index in [9.17, 15) is 9.59 Å². The fraction of sp³-hybridized carbons (Fsp3) is 0.474. The Balaban J connectivity index is 1.94. The molecule has 0 radical (unpaired) electrons. The Bertz CT molecular complexity index is 869. The highest BCUT2D eigenvalue weighted by Gasteiger charge is 2.18. The van der Waals surface area contributed by atoms with Gasteiger partial charge in [0.25, 0.3) is 11.5 Å². The summed E-state index contributed by atoms with van der Waals surface area (Å²) < 4.78 is 1.37. The maximum absolute atomic E-state index is 12.7. The molecule has 6 nitrogen and oxygen atoms in total. The van der Waals surface area contributed by atoms with Gasteiger partial charge in [0.15, 0.2) is 5.69 Å². The second kappa shape index (κ2) is 7.59. The zero-order valence-corrected chi connectivity index (χ0v) is 14.8. The van der Waals surface area contributed by atoms with E-state index in [1.165, 1.54) is 11.1 Å². The van der Waals surface area contributed by atoms with E-state index >= 15 is 0 Å². The molecule has 0 bridgehead atoms. The molecule has 6 heteroatoms. The van der Waals surface area contributed by atoms with Crippen LogP contribution >= 0.6 is 0 Å². The highest BCUT2D eigenvalue weighted by molar-refractivity contribution is 6.05. The fourth-order valence-corrected chi connectivity index (χ4v) is 3.31. The summed E-state index contributed by atoms with van der Waals surface area (Å²) in [7, 11) is 0. The number of hydrazone groups is 1. The summed E-state index contributed by atoms with van der Waals surface area (Å²) in [5, 5.41) is 9.67. The summed E-state index contributed by atoms with van der Waals surface area (Å²) in [5.74, 6) is 0.238. The molecule has 1 saturated carbocycles. The van der Waals surface area contributed by atoms with Gasteiger partial charge in [-0.2, -0.15) is 10.2 Å². The lowest BCUT2D eigenvalue weighted by Crippen LogP contribution is -2.29. The van der Waals surface area contributed by atoms with Gasteiger partial charge in [-0.1, -0.05) is 32.0 Å². The molecular weight excluding hydrogens is 316 g/mol. The number of hydrogen-bond donors (Lipinski definition) is 1. The number of carbonyl (C=O) groups excluding carboxylic acids is 1. The van der Waals surface area contributed by atoms with Crippen LogP contribution in [-0.2, 0) is 6.54 Å². The first kappa shape index (κ1) is 17.3. The average molecular weight is 340 g/mol. The molecule has 25 heavy (non-hydrogen) atoms. The van der Waals surface area contributed by atoms with Crippen molar-refractivity contribution in [2.75, 3.05) is 0 Å². The molecule has 3 rings (SSSR count). The molecule has 1 atom stereocenters. The summed E-state index contributed by atoms with van der Waals surface area (Å²) >= 11 is 0. The number of nitrogens with one attached hydrogen (secondary N) is 1. The minimum atomic E-state index is -0.369. The molecule has 0 spiro atoms. The molecule has 1 aliphatic rings. The number of hydrogen-bond acceptors (Lipinski definition) is 4. The molecule has 132 valence electrons. The normalized spacial score (nSPS) is 19.3. The predicted octanol–water partition coefficient (Wildman–Crippen LogP) is 3.10. The Labute approximate surface area is 146 Å². The molecule has 1 N–H and O–H groups in total. The summed E-state index contributed by atoms with van der Waals surface area (Å²) in [5.41, 5.74) is 3.75. The van der Waals surface area contributed by atoms with E-state index in [1.807, 2.05) is 6.92 Å². The molecule has 1 heterocycles. The van der Waals surface area contributed by atoms with Crippen molar-refractivity contribution in [2.45, 2.75) is 52.5 Å². The second-order valence-corrected chi connectivity index (χ2v) is 6.74. The van der Waals surface area contributed by atoms with Gasteiger partial charge in [-0.25, -0.2) is 10.1 Å². The van der Waals surface area contributed by atoms with Crippen molar-refractivity contribution in [3.05, 3.63) is 40.3 Å². The van der Waals surface area contributed by atoms with Gasteiger partial charge >= 0.3 is 0 Å². The van der Waals surface area contributed by atoms with Crippen molar-refractivity contribution in [3.63, 3.8) is 0 Å². The lowest BCUT2D eigenvalue weighted by atomic mass is 9.89. The molecule has 0 aliphatic heterocycles. The van der Waals surface area contributed by atoms with Crippen LogP contribution in [0.4, 0.5) is 0 Å². The van der Waals surface area contributed by atoms with E-state index < -0.39 is 0 Å². The van der Waals surface area contributed by atoms with E-state index in [-0.39, 0.29) is 17.2 Å². The molecular formula is C19H24N4O2. The van der Waals surface area contributed by atoms with Gasteiger partial charge < -0.3 is 0 Å². The molecule has 1 amide bonds. The zero-order valence-electron chi connectivity index (χ0n) is 14.8. The van der Waals surface area contributed by atoms with Crippen LogP contribution < -0.4 is 11.0 Å². The number of aromatic nitrogens is 2. The maximum Gasteiger partial charge on any atom is 0.292 e. The first-order valence-corrected chi connectivity index (χ1v) is 8.95. The Morgan fingerprint density at radius 2 is 2.12 bits per heavy atom. The lowest BCUT2D eigenvalue weighted by molar-refractivity contribution is 0.0949. The number of fused-ring (bicyclic) bond motifs is 1. The van der Waals surface area contributed by atoms with Crippen LogP contribution in [0.3, 0.4) is 0 Å². The van der Waals surface area contributed by atoms with Gasteiger partial charge in [-0.3, -0.25) is 9.59 Å². The van der Waals surface area contributed by atoms with Crippen LogP contribution in [0.2, 0.25) is 0 Å². The molecule has 1 aromatic carbocycles. The third-order valence-electron chi connectivity index (χ3n) is 4.58. The first-order valence-electron chi connectivity index (χ1n) is 8.95. The number of rotatable bonds is 4. The third kappa shape index (κ3) is 3.78. The standard InChI is InChI=1S/C19H24N4O2/c1-3-11-23-19(25)16-10-5-4-9-15(16)17(22-23)18(24)21-20-14-8-6-7-13(2)12-14/h4-5,9-10,13H,3,6-8,11-12H2,1-2H3,(H,21,24)/b20-14-/t13-/m0/s1. The number of aryl methyl sites for hydroxylation is 1. The minimum Gasteiger partial charge on any atom is -0.267 e. The predicted molar refractivity (Wildman–Crippen MR) is 98.8 cm³/mol. The van der Waals surface area contributed by atoms with Crippen molar-refractivity contribution >= 4 is 22.4 Å². The Hall–Kier alpha value is -2.50. The summed E-state index contributed by atoms with van der Waals surface area (Å²) in [6, 6.07) is 7.09. The van der Waals surface area contributed by atoms with Crippen molar-refractivity contribution in [1.82, 2.24) is 15.2 Å². The Kier molecular flexibility index (Phi) is 5.26. The Morgan fingerprint density at radius 1 is 1.36 bits per heavy atom. The van der Waals surface area contributed by atoms with Gasteiger partial charge in [0.2, 0.25) is 0 Å². The van der Waals surface area contributed by atoms with E-state index in [2.05, 4.69) is 22.5 Å². The molecule has 1 aromatic heterocycles. The van der Waals surface area contributed by atoms with Gasteiger partial charge in [0.05, 0.1) is 5.39 Å². The van der Waals surface area contributed by atoms with E-state index in [4.69, 9.17) is 0 Å². The number of benzene rings is 1. The summed E-state index contributed by atoms with van der Waals surface area (Å²) in [6.45, 7) is 4.65. The summed E-state index contributed by atoms with van der Waals surface area (Å²) in [4.78, 5) is 25.1. The van der Waals surface area contributed by atoms with E-state index in [0.717, 1.165) is 31.4 Å². The number of amides is 1. The molecule has 1 aliphatic carbocycles. The average Bonchev–Trinajstić information content (AvgIpc) is 2.62. The number of carbonyl (C=O) groups is 1. The fourth-order valence-electron chi connectivity index (χ4n) is 3.31. The molecule has 0 saturated heterocycles. The van der Waals surface area contributed by atoms with Crippen LogP contribution in [0.5, 0.6) is 0 Å². The van der Waals surface area contributed by atoms with E-state index in [1.54, 1.807) is 24.3 Å². The lowest BCUT2D eigenvalue weighted by Gasteiger charge is -2.19. The van der Waals surface area contributed by atoms with Crippen molar-refractivity contribution in [3.8, 4) is 0 Å². The van der Waals surface area contributed by atoms with E-state index in [0.29, 0.717) is 23.2 Å². The topological polar surface area (TPSA) is 76.3 Å². The Morgan fingerprint density at radius 3 is 2.84 bits per heavy atom. The van der Waals surface area contributed by atoms with Crippen LogP contribution in [0.25, 0.3) is 10.8 Å². The monoisotopic (exact) mass is 340 g/mol. The van der Waals surface area contributed by atoms with Crippen LogP contribution in [0, 0.1) is 5.92 Å². The van der Waals surface area contributed by atoms with Gasteiger partial charge in [-0.15, -0.1) is 0 Å². The van der Waals surface area contributed by atoms with Gasteiger partial charge in [0.1, 0.15) is 0 Å². The first-order chi connectivity index (χ1) is 12.1. The molecule has 0 unspecified atom stereocenters. The maximum atomic E-state index is 12.7. The smallest absolute Gasteiger partial charge is 0.267 e. The van der Waals surface area contributed by atoms with Crippen molar-refractivity contribution < 1.29 is 4.79 Å². The second-order valence-electron chi connectivity index (χ2n) is 6.74. The number of nitrogens with zero attached hydrogens (tertiary/aromatic N) is 3. The van der Waals surface area contributed by atoms with Crippen LogP contribution in [0.1, 0.15) is 56.4 Å². The minimum absolute atomic E-state index is 0.165. The van der Waals surface area contributed by atoms with Crippen molar-refractivity contribution in [2.24, 2.45) is 11.0 Å². The van der Waals surface area contributed by atoms with Crippen LogP contribution in [0.15, 0.2) is 34.2 Å². The third-order valence-corrected chi connectivity index (χ3v) is 4.58. The molecule has 2 aromatic rings. The van der Waals surface area contributed by atoms with Crippen LogP contribution in [-0.4, -0.2) is 21.4 Å². The largest absolute Gasteiger partial charge is 0.292 e. The summed E-state index contributed by atoms with van der Waals surface area (Å²) in [6.07, 6.45) is 4.93. The highest BCUT2D eigenvalue weighted by atomic mass is 16.2. The SMILES string of the molecule is CCCn1nc(C(=O)N/N=C2/CCC[C@H](C)C2)c2ccccc2c1=O. The van der Waals surface area contributed by atoms with Gasteiger partial charge in [-0.05, 0) is 44.1 Å². The quantitative estimate of drug-likeness (QED) is 0.869.